The number of hydrogen-bond donors (Lipinski definition) is 0. The molecule has 0 aromatic rings. The number of halogens is 8. The van der Waals surface area contributed by atoms with Crippen LogP contribution < -0.4 is 0 Å². The average molecular weight is 363 g/mol. The molecule has 0 aliphatic carbocycles. The van der Waals surface area contributed by atoms with Crippen molar-refractivity contribution in [3.63, 3.8) is 0 Å². The molecule has 0 aromatic carbocycles. The maximum absolute atomic E-state index is 13.6. The molecular formula is C9H11Cl3F5N3. The summed E-state index contributed by atoms with van der Waals surface area (Å²) in [5, 5.41) is 4.07. The van der Waals surface area contributed by atoms with Gasteiger partial charge in [-0.1, -0.05) is 48.1 Å². The van der Waals surface area contributed by atoms with Crippen LogP contribution in [0.3, 0.4) is 0 Å². The van der Waals surface area contributed by atoms with Crippen LogP contribution in [0.25, 0.3) is 0 Å². The highest BCUT2D eigenvalue weighted by atomic mass is 35.6. The highest BCUT2D eigenvalue weighted by molar-refractivity contribution is 6.67. The minimum Gasteiger partial charge on any atom is -0.289 e. The second-order valence-electron chi connectivity index (χ2n) is 4.12. The van der Waals surface area contributed by atoms with E-state index in [1.807, 2.05) is 0 Å². The lowest BCUT2D eigenvalue weighted by Crippen LogP contribution is -2.61. The quantitative estimate of drug-likeness (QED) is 0.424. The fourth-order valence-corrected chi connectivity index (χ4v) is 2.01. The molecule has 0 amide bonds. The van der Waals surface area contributed by atoms with Gasteiger partial charge >= 0.3 is 12.1 Å². The van der Waals surface area contributed by atoms with Crippen molar-refractivity contribution < 1.29 is 22.0 Å². The summed E-state index contributed by atoms with van der Waals surface area (Å²) >= 11 is 16.3. The van der Waals surface area contributed by atoms with E-state index >= 15 is 0 Å². The largest absolute Gasteiger partial charge is 0.457 e. The third-order valence-corrected chi connectivity index (χ3v) is 3.19. The summed E-state index contributed by atoms with van der Waals surface area (Å²) in [6.45, 7) is 1.64. The van der Waals surface area contributed by atoms with Crippen LogP contribution in [0.5, 0.6) is 0 Å². The van der Waals surface area contributed by atoms with Gasteiger partial charge in [0.05, 0.1) is 0 Å². The van der Waals surface area contributed by atoms with E-state index in [9.17, 15) is 22.0 Å². The van der Waals surface area contributed by atoms with Gasteiger partial charge in [-0.25, -0.2) is 0 Å². The molecule has 0 radical (unpaired) electrons. The monoisotopic (exact) mass is 361 g/mol. The molecule has 1 rings (SSSR count). The van der Waals surface area contributed by atoms with Crippen LogP contribution in [0, 0.1) is 0 Å². The van der Waals surface area contributed by atoms with Crippen molar-refractivity contribution in [3.05, 3.63) is 0 Å². The van der Waals surface area contributed by atoms with Gasteiger partial charge in [-0.3, -0.25) is 9.91 Å². The highest BCUT2D eigenvalue weighted by Gasteiger charge is 2.68. The predicted molar refractivity (Wildman–Crippen MR) is 67.0 cm³/mol. The zero-order valence-corrected chi connectivity index (χ0v) is 12.4. The second-order valence-corrected chi connectivity index (χ2v) is 6.34. The topological polar surface area (TPSA) is 18.8 Å². The molecule has 1 aliphatic rings. The average Bonchev–Trinajstić information content (AvgIpc) is 2.68. The Kier molecular flexibility index (Phi) is 5.25. The van der Waals surface area contributed by atoms with Gasteiger partial charge in [0.1, 0.15) is 6.34 Å². The highest BCUT2D eigenvalue weighted by Crippen LogP contribution is 2.46. The van der Waals surface area contributed by atoms with Crippen molar-refractivity contribution in [3.8, 4) is 0 Å². The minimum absolute atomic E-state index is 0.111. The number of hydrogen-bond acceptors (Lipinski definition) is 3. The Balaban J connectivity index is 3.11. The molecule has 0 saturated carbocycles. The van der Waals surface area contributed by atoms with Crippen molar-refractivity contribution >= 4 is 41.1 Å². The Labute approximate surface area is 127 Å². The summed E-state index contributed by atoms with van der Waals surface area (Å²) in [7, 11) is 0. The number of unbranched alkanes of at least 4 members (excludes halogenated alkanes) is 1. The van der Waals surface area contributed by atoms with Gasteiger partial charge in [0.25, 0.3) is 3.92 Å². The fourth-order valence-electron chi connectivity index (χ4n) is 1.60. The van der Waals surface area contributed by atoms with Crippen LogP contribution in [0.4, 0.5) is 22.0 Å². The van der Waals surface area contributed by atoms with Gasteiger partial charge in [-0.15, -0.1) is 0 Å². The Morgan fingerprint density at radius 1 is 1.15 bits per heavy atom. The minimum atomic E-state index is -5.79. The first-order valence-electron chi connectivity index (χ1n) is 5.53. The molecular weight excluding hydrogens is 351 g/mol. The molecule has 11 heteroatoms. The molecule has 1 heterocycles. The maximum atomic E-state index is 13.6. The molecule has 0 N–H and O–H groups in total. The van der Waals surface area contributed by atoms with Crippen molar-refractivity contribution in [2.45, 2.75) is 41.9 Å². The van der Waals surface area contributed by atoms with Crippen molar-refractivity contribution in [2.75, 3.05) is 6.54 Å². The van der Waals surface area contributed by atoms with Crippen LogP contribution in [0.1, 0.15) is 19.8 Å². The van der Waals surface area contributed by atoms with Crippen LogP contribution in [0.15, 0.2) is 5.10 Å². The number of nitrogens with zero attached hydrogens (tertiary/aromatic N) is 3. The molecule has 0 aromatic heterocycles. The second kappa shape index (κ2) is 5.88. The van der Waals surface area contributed by atoms with Crippen LogP contribution in [0.2, 0.25) is 0 Å². The predicted octanol–water partition coefficient (Wildman–Crippen LogP) is 4.20. The van der Waals surface area contributed by atoms with Crippen LogP contribution in [-0.4, -0.2) is 45.0 Å². The lowest BCUT2D eigenvalue weighted by molar-refractivity contribution is -0.314. The normalized spacial score (nSPS) is 20.9. The summed E-state index contributed by atoms with van der Waals surface area (Å²) in [5.74, 6) is -5.11. The van der Waals surface area contributed by atoms with E-state index in [0.29, 0.717) is 24.2 Å². The Bertz CT molecular complexity index is 369. The summed E-state index contributed by atoms with van der Waals surface area (Å²) in [6.07, 6.45) is -6.68. The Hall–Kier alpha value is -0.210. The molecule has 118 valence electrons. The molecule has 0 spiro atoms. The van der Waals surface area contributed by atoms with Gasteiger partial charge < -0.3 is 0 Å². The SMILES string of the molecule is CCCCN1N=CN(C(Cl)(Cl)Cl)C1C(F)(F)C(F)(F)F. The van der Waals surface area contributed by atoms with Crippen molar-refractivity contribution in [1.29, 1.82) is 0 Å². The molecule has 20 heavy (non-hydrogen) atoms. The first-order chi connectivity index (χ1) is 8.93. The van der Waals surface area contributed by atoms with Gasteiger partial charge in [-0.05, 0) is 6.42 Å². The van der Waals surface area contributed by atoms with Crippen LogP contribution in [-0.2, 0) is 0 Å². The number of rotatable bonds is 4. The summed E-state index contributed by atoms with van der Waals surface area (Å²) in [6, 6.07) is 0. The lowest BCUT2D eigenvalue weighted by atomic mass is 10.2. The zero-order chi connectivity index (χ0) is 15.8. The molecule has 1 atom stereocenters. The van der Waals surface area contributed by atoms with E-state index < -0.39 is 22.2 Å². The molecule has 0 bridgehead atoms. The Morgan fingerprint density at radius 3 is 2.10 bits per heavy atom. The standard InChI is InChI=1S/C9H11Cl3F5N3/c1-2-3-4-20-6(7(13,14)8(15,16)17)19(5-18-20)9(10,11)12/h5-6H,2-4H2,1H3. The van der Waals surface area contributed by atoms with Gasteiger partial charge in [-0.2, -0.15) is 27.1 Å². The lowest BCUT2D eigenvalue weighted by Gasteiger charge is -2.39. The van der Waals surface area contributed by atoms with E-state index in [1.54, 1.807) is 6.92 Å². The third-order valence-electron chi connectivity index (χ3n) is 2.61. The first-order valence-corrected chi connectivity index (χ1v) is 6.66. The van der Waals surface area contributed by atoms with Gasteiger partial charge in [0.2, 0.25) is 0 Å². The number of hydrazone groups is 1. The third kappa shape index (κ3) is 3.51. The van der Waals surface area contributed by atoms with E-state index in [1.165, 1.54) is 0 Å². The van der Waals surface area contributed by atoms with E-state index in [0.717, 1.165) is 0 Å². The zero-order valence-electron chi connectivity index (χ0n) is 10.1. The van der Waals surface area contributed by atoms with Gasteiger partial charge in [0.15, 0.2) is 6.17 Å². The molecule has 0 fully saturated rings. The maximum Gasteiger partial charge on any atom is 0.457 e. The van der Waals surface area contributed by atoms with Gasteiger partial charge in [0, 0.05) is 6.54 Å². The summed E-state index contributed by atoms with van der Waals surface area (Å²) < 4.78 is 62.5. The van der Waals surface area contributed by atoms with E-state index in [-0.39, 0.29) is 11.4 Å². The van der Waals surface area contributed by atoms with Crippen molar-refractivity contribution in [2.24, 2.45) is 5.10 Å². The molecule has 1 unspecified atom stereocenters. The fraction of sp³-hybridized carbons (Fsp3) is 0.889. The Morgan fingerprint density at radius 2 is 1.70 bits per heavy atom. The molecule has 0 saturated heterocycles. The summed E-state index contributed by atoms with van der Waals surface area (Å²) in [4.78, 5) is 0.265. The van der Waals surface area contributed by atoms with Crippen LogP contribution >= 0.6 is 34.8 Å². The number of alkyl halides is 8. The van der Waals surface area contributed by atoms with Crippen molar-refractivity contribution in [1.82, 2.24) is 9.91 Å². The smallest absolute Gasteiger partial charge is 0.289 e. The summed E-state index contributed by atoms with van der Waals surface area (Å²) in [5.41, 5.74) is 0. The first kappa shape index (κ1) is 17.8. The molecule has 3 nitrogen and oxygen atoms in total. The molecule has 1 aliphatic heterocycles. The van der Waals surface area contributed by atoms with E-state index in [2.05, 4.69) is 5.10 Å². The van der Waals surface area contributed by atoms with E-state index in [4.69, 9.17) is 34.8 Å².